The Bertz CT molecular complexity index is 1190. The zero-order valence-electron chi connectivity index (χ0n) is 25.6. The second-order valence-corrected chi connectivity index (χ2v) is 10.7. The molecule has 1 heterocycles. The molecule has 11 heteroatoms. The van der Waals surface area contributed by atoms with E-state index in [1.807, 2.05) is 55.5 Å². The predicted molar refractivity (Wildman–Crippen MR) is 167 cm³/mol. The molecule has 2 amide bonds. The maximum absolute atomic E-state index is 12.0. The highest BCUT2D eigenvalue weighted by atomic mass is 16.6. The molecule has 0 saturated heterocycles. The Labute approximate surface area is 255 Å². The third-order valence-corrected chi connectivity index (χ3v) is 7.24. The summed E-state index contributed by atoms with van der Waals surface area (Å²) in [5.74, 6) is 6.93. The van der Waals surface area contributed by atoms with E-state index in [4.69, 9.17) is 30.5 Å². The van der Waals surface area contributed by atoms with Crippen LogP contribution in [-0.4, -0.2) is 82.8 Å². The Morgan fingerprint density at radius 3 is 2.07 bits per heavy atom. The number of nitrogens with one attached hydrogen (secondary N) is 1. The fourth-order valence-electron chi connectivity index (χ4n) is 4.48. The van der Waals surface area contributed by atoms with E-state index in [1.54, 1.807) is 9.91 Å². The van der Waals surface area contributed by atoms with Gasteiger partial charge in [-0.15, -0.1) is 0 Å². The number of hydrazine groups is 1. The molecule has 1 aliphatic heterocycles. The summed E-state index contributed by atoms with van der Waals surface area (Å²) < 4.78 is 22.3. The van der Waals surface area contributed by atoms with Gasteiger partial charge in [0.2, 0.25) is 12.3 Å². The molecule has 43 heavy (non-hydrogen) atoms. The minimum Gasteiger partial charge on any atom is -0.396 e. The molecule has 0 radical (unpaired) electrons. The first-order chi connectivity index (χ1) is 20.8. The van der Waals surface area contributed by atoms with Crippen LogP contribution in [0, 0.1) is 5.92 Å². The van der Waals surface area contributed by atoms with Gasteiger partial charge in [-0.1, -0.05) is 56.3 Å². The number of ether oxygens (including phenoxy) is 4. The van der Waals surface area contributed by atoms with Crippen LogP contribution >= 0.6 is 0 Å². The van der Waals surface area contributed by atoms with Crippen molar-refractivity contribution >= 4 is 29.4 Å². The molecule has 1 aliphatic rings. The second-order valence-electron chi connectivity index (χ2n) is 10.7. The van der Waals surface area contributed by atoms with E-state index in [2.05, 4.69) is 19.2 Å². The number of nitrogens with zero attached hydrogens (tertiary/aromatic N) is 2. The number of rotatable bonds is 19. The fraction of sp³-hybridized carbons (Fsp3) is 0.500. The smallest absolute Gasteiger partial charge is 0.222 e. The number of hydrogen-bond donors (Lipinski definition) is 3. The number of carbonyl (C=O) groups is 2. The van der Waals surface area contributed by atoms with Gasteiger partial charge >= 0.3 is 0 Å². The van der Waals surface area contributed by atoms with Crippen LogP contribution in [0.1, 0.15) is 43.9 Å². The molecule has 0 spiro atoms. The molecule has 3 rings (SSSR count). The van der Waals surface area contributed by atoms with Crippen LogP contribution in [0.2, 0.25) is 0 Å². The highest BCUT2D eigenvalue weighted by Gasteiger charge is 2.24. The number of anilines is 1. The molecule has 0 aliphatic carbocycles. The third kappa shape index (κ3) is 10.6. The average molecular weight is 598 g/mol. The van der Waals surface area contributed by atoms with Crippen LogP contribution < -0.4 is 21.8 Å². The standard InChI is InChI=1S/C32H47N5O6/c1-24(2)25(3)35-30(39)12-14-40-16-18-42-20-21-43-19-17-41-15-13-37(34)32-28-10-6-7-11-29(28)36(23-38)22-26-8-4-5-9-27(26)31(32)33/h4-11,23-25H,12-22,33-34H2,1-3H3,(H,35,39)/b32-31-. The molecule has 2 aromatic carbocycles. The summed E-state index contributed by atoms with van der Waals surface area (Å²) in [6.45, 7) is 10.2. The van der Waals surface area contributed by atoms with Gasteiger partial charge < -0.3 is 39.9 Å². The van der Waals surface area contributed by atoms with Gasteiger partial charge in [0.05, 0.1) is 83.0 Å². The van der Waals surface area contributed by atoms with Gasteiger partial charge in [-0.25, -0.2) is 5.84 Å². The summed E-state index contributed by atoms with van der Waals surface area (Å²) in [6.07, 6.45) is 1.17. The predicted octanol–water partition coefficient (Wildman–Crippen LogP) is 2.74. The first-order valence-corrected chi connectivity index (χ1v) is 14.8. The van der Waals surface area contributed by atoms with Crippen LogP contribution in [0.3, 0.4) is 0 Å². The number of para-hydroxylation sites is 1. The van der Waals surface area contributed by atoms with E-state index >= 15 is 0 Å². The quantitative estimate of drug-likeness (QED) is 0.0965. The van der Waals surface area contributed by atoms with Crippen molar-refractivity contribution in [1.82, 2.24) is 10.3 Å². The third-order valence-electron chi connectivity index (χ3n) is 7.24. The Kier molecular flexibility index (Phi) is 14.4. The largest absolute Gasteiger partial charge is 0.396 e. The Balaban J connectivity index is 1.33. The Morgan fingerprint density at radius 1 is 0.884 bits per heavy atom. The summed E-state index contributed by atoms with van der Waals surface area (Å²) in [5.41, 5.74) is 11.2. The summed E-state index contributed by atoms with van der Waals surface area (Å²) in [4.78, 5) is 25.5. The molecule has 1 unspecified atom stereocenters. The van der Waals surface area contributed by atoms with E-state index in [9.17, 15) is 9.59 Å². The number of carbonyl (C=O) groups excluding carboxylic acids is 2. The highest BCUT2D eigenvalue weighted by Crippen LogP contribution is 2.36. The van der Waals surface area contributed by atoms with E-state index in [0.717, 1.165) is 28.8 Å². The molecule has 0 fully saturated rings. The number of fused-ring (bicyclic) bond motifs is 2. The molecule has 1 atom stereocenters. The van der Waals surface area contributed by atoms with Crippen molar-refractivity contribution in [2.24, 2.45) is 17.5 Å². The van der Waals surface area contributed by atoms with Gasteiger partial charge in [0.1, 0.15) is 0 Å². The van der Waals surface area contributed by atoms with Gasteiger partial charge in [0, 0.05) is 23.6 Å². The molecule has 2 aromatic rings. The lowest BCUT2D eigenvalue weighted by molar-refractivity contribution is -0.123. The van der Waals surface area contributed by atoms with E-state index in [-0.39, 0.29) is 11.9 Å². The molecule has 0 aromatic heterocycles. The summed E-state index contributed by atoms with van der Waals surface area (Å²) in [6, 6.07) is 15.5. The minimum atomic E-state index is 0.0000102. The Morgan fingerprint density at radius 2 is 1.44 bits per heavy atom. The zero-order chi connectivity index (χ0) is 31.0. The monoisotopic (exact) mass is 597 g/mol. The van der Waals surface area contributed by atoms with Crippen LogP contribution in [0.5, 0.6) is 0 Å². The van der Waals surface area contributed by atoms with Crippen LogP contribution in [-0.2, 0) is 35.1 Å². The van der Waals surface area contributed by atoms with Crippen molar-refractivity contribution < 1.29 is 28.5 Å². The van der Waals surface area contributed by atoms with Crippen molar-refractivity contribution in [2.45, 2.75) is 39.8 Å². The molecular formula is C32H47N5O6. The van der Waals surface area contributed by atoms with Crippen LogP contribution in [0.4, 0.5) is 5.69 Å². The number of amides is 2. The van der Waals surface area contributed by atoms with Gasteiger partial charge in [-0.05, 0) is 24.5 Å². The minimum absolute atomic E-state index is 0.0000102. The van der Waals surface area contributed by atoms with Crippen molar-refractivity contribution in [3.63, 3.8) is 0 Å². The summed E-state index contributed by atoms with van der Waals surface area (Å²) in [7, 11) is 0. The van der Waals surface area contributed by atoms with Gasteiger partial charge in [-0.2, -0.15) is 0 Å². The van der Waals surface area contributed by atoms with Crippen LogP contribution in [0.15, 0.2) is 48.5 Å². The molecule has 5 N–H and O–H groups in total. The average Bonchev–Trinajstić information content (AvgIpc) is 2.99. The summed E-state index contributed by atoms with van der Waals surface area (Å²) in [5, 5.41) is 4.53. The maximum atomic E-state index is 12.0. The van der Waals surface area contributed by atoms with Gasteiger partial charge in [0.25, 0.3) is 0 Å². The van der Waals surface area contributed by atoms with Gasteiger partial charge in [-0.3, -0.25) is 9.59 Å². The van der Waals surface area contributed by atoms with E-state index in [1.165, 1.54) is 0 Å². The number of benzene rings is 2. The molecule has 0 saturated carbocycles. The Hall–Kier alpha value is -3.48. The van der Waals surface area contributed by atoms with Crippen LogP contribution in [0.25, 0.3) is 11.4 Å². The molecule has 11 nitrogen and oxygen atoms in total. The topological polar surface area (TPSA) is 142 Å². The number of nitrogens with two attached hydrogens (primary N) is 2. The van der Waals surface area contributed by atoms with Crippen molar-refractivity contribution in [2.75, 3.05) is 64.3 Å². The van der Waals surface area contributed by atoms with Gasteiger partial charge in [0.15, 0.2) is 0 Å². The summed E-state index contributed by atoms with van der Waals surface area (Å²) >= 11 is 0. The molecular weight excluding hydrogens is 550 g/mol. The van der Waals surface area contributed by atoms with Crippen molar-refractivity contribution in [1.29, 1.82) is 0 Å². The lowest BCUT2D eigenvalue weighted by atomic mass is 9.96. The normalized spacial score (nSPS) is 15.3. The highest BCUT2D eigenvalue weighted by molar-refractivity contribution is 5.96. The molecule has 236 valence electrons. The van der Waals surface area contributed by atoms with E-state index in [0.29, 0.717) is 89.7 Å². The maximum Gasteiger partial charge on any atom is 0.222 e. The van der Waals surface area contributed by atoms with Crippen molar-refractivity contribution in [3.05, 3.63) is 65.2 Å². The van der Waals surface area contributed by atoms with E-state index < -0.39 is 0 Å². The number of hydrogen-bond acceptors (Lipinski definition) is 9. The lowest BCUT2D eigenvalue weighted by Crippen LogP contribution is -2.36. The molecule has 0 bridgehead atoms. The lowest BCUT2D eigenvalue weighted by Gasteiger charge is -2.31. The first-order valence-electron chi connectivity index (χ1n) is 14.8. The zero-order valence-corrected chi connectivity index (χ0v) is 25.6. The fourth-order valence-corrected chi connectivity index (χ4v) is 4.48. The SMILES string of the molecule is CC(C)C(C)NC(=O)CCOCCOCCOCCOCCN(N)/C1=C(\N)c2ccccc2CN(C=O)c2ccccc21. The second kappa shape index (κ2) is 18.2. The van der Waals surface area contributed by atoms with Crippen molar-refractivity contribution in [3.8, 4) is 0 Å². The first kappa shape index (κ1) is 34.0.